The Bertz CT molecular complexity index is 1350. The number of rotatable bonds is 4. The quantitative estimate of drug-likeness (QED) is 0.457. The number of alkyl halides is 3. The molecule has 0 aliphatic rings. The summed E-state index contributed by atoms with van der Waals surface area (Å²) in [4.78, 5) is 28.9. The third kappa shape index (κ3) is 3.95. The molecule has 0 amide bonds. The molecule has 4 heterocycles. The number of fused-ring (bicyclic) bond motifs is 1. The van der Waals surface area contributed by atoms with Crippen LogP contribution in [0.25, 0.3) is 22.3 Å². The molecule has 0 saturated carbocycles. The molecule has 156 valence electrons. The molecule has 4 aromatic rings. The first-order valence-electron chi connectivity index (χ1n) is 9.03. The minimum Gasteiger partial charge on any atom is -0.348 e. The van der Waals surface area contributed by atoms with Crippen molar-refractivity contribution in [2.45, 2.75) is 19.1 Å². The number of nitriles is 1. The van der Waals surface area contributed by atoms with Crippen molar-refractivity contribution in [2.24, 2.45) is 0 Å². The van der Waals surface area contributed by atoms with Gasteiger partial charge in [0.25, 0.3) is 0 Å². The summed E-state index contributed by atoms with van der Waals surface area (Å²) >= 11 is 0. The van der Waals surface area contributed by atoms with E-state index in [0.29, 0.717) is 5.56 Å². The lowest BCUT2D eigenvalue weighted by molar-refractivity contribution is -0.137. The smallest absolute Gasteiger partial charge is 0.348 e. The van der Waals surface area contributed by atoms with Crippen LogP contribution in [-0.2, 0) is 6.18 Å². The Morgan fingerprint density at radius 2 is 1.97 bits per heavy atom. The molecule has 3 N–H and O–H groups in total. The number of aromatic amines is 2. The van der Waals surface area contributed by atoms with E-state index in [9.17, 15) is 23.2 Å². The van der Waals surface area contributed by atoms with E-state index in [1.54, 1.807) is 12.3 Å². The number of hydrogen-bond acceptors (Lipinski definition) is 6. The first-order valence-corrected chi connectivity index (χ1v) is 9.03. The van der Waals surface area contributed by atoms with Crippen LogP contribution in [0, 0.1) is 11.3 Å². The van der Waals surface area contributed by atoms with Crippen molar-refractivity contribution in [3.63, 3.8) is 0 Å². The molecular weight excluding hydrogens is 411 g/mol. The first kappa shape index (κ1) is 20.1. The van der Waals surface area contributed by atoms with Crippen molar-refractivity contribution in [2.75, 3.05) is 5.32 Å². The van der Waals surface area contributed by atoms with Crippen LogP contribution in [-0.4, -0.2) is 24.9 Å². The van der Waals surface area contributed by atoms with E-state index in [2.05, 4.69) is 30.2 Å². The molecule has 0 saturated heterocycles. The van der Waals surface area contributed by atoms with Gasteiger partial charge in [-0.25, -0.2) is 15.0 Å². The lowest BCUT2D eigenvalue weighted by atomic mass is 10.1. The molecule has 0 aromatic carbocycles. The van der Waals surface area contributed by atoms with E-state index in [-0.39, 0.29) is 39.8 Å². The second-order valence-corrected chi connectivity index (χ2v) is 6.74. The number of hydrogen-bond donors (Lipinski definition) is 3. The number of anilines is 1. The van der Waals surface area contributed by atoms with Crippen LogP contribution >= 0.6 is 0 Å². The molecular formula is C20H14F3N7O. The summed E-state index contributed by atoms with van der Waals surface area (Å²) in [5, 5.41) is 12.7. The summed E-state index contributed by atoms with van der Waals surface area (Å²) in [5.74, 6) is 0.169. The summed E-state index contributed by atoms with van der Waals surface area (Å²) in [6, 6.07) is 5.66. The number of nitrogens with zero attached hydrogens (tertiary/aromatic N) is 4. The van der Waals surface area contributed by atoms with E-state index in [0.717, 1.165) is 17.8 Å². The van der Waals surface area contributed by atoms with Gasteiger partial charge in [-0.05, 0) is 18.6 Å². The summed E-state index contributed by atoms with van der Waals surface area (Å²) in [6.45, 7) is 1.82. The fraction of sp³-hybridized carbons (Fsp3) is 0.150. The van der Waals surface area contributed by atoms with E-state index in [1.807, 2.05) is 13.0 Å². The van der Waals surface area contributed by atoms with Crippen molar-refractivity contribution in [1.29, 1.82) is 5.26 Å². The zero-order valence-electron chi connectivity index (χ0n) is 15.9. The Hall–Kier alpha value is -4.20. The van der Waals surface area contributed by atoms with Crippen molar-refractivity contribution < 1.29 is 13.2 Å². The van der Waals surface area contributed by atoms with Crippen LogP contribution in [0.5, 0.6) is 0 Å². The number of halogens is 3. The predicted octanol–water partition coefficient (Wildman–Crippen LogP) is 3.77. The van der Waals surface area contributed by atoms with Crippen molar-refractivity contribution in [3.8, 4) is 17.3 Å². The van der Waals surface area contributed by atoms with Crippen molar-refractivity contribution >= 4 is 17.0 Å². The van der Waals surface area contributed by atoms with Gasteiger partial charge in [0, 0.05) is 35.6 Å². The van der Waals surface area contributed by atoms with Crippen LogP contribution in [0.15, 0.2) is 47.8 Å². The number of pyridine rings is 2. The van der Waals surface area contributed by atoms with Gasteiger partial charge in [0.05, 0.1) is 29.1 Å². The van der Waals surface area contributed by atoms with E-state index in [1.165, 1.54) is 18.5 Å². The molecule has 0 aliphatic heterocycles. The molecule has 31 heavy (non-hydrogen) atoms. The zero-order chi connectivity index (χ0) is 22.2. The third-order valence-corrected chi connectivity index (χ3v) is 4.68. The highest BCUT2D eigenvalue weighted by Gasteiger charge is 2.31. The fourth-order valence-electron chi connectivity index (χ4n) is 3.06. The SMILES string of the molecule is CC(Nc1ncc(C#N)c(-c2c[nH]c3ncc(C(F)(F)F)cc23)n1)c1ccc(=O)[nH]c1. The summed E-state index contributed by atoms with van der Waals surface area (Å²) in [5.41, 5.74) is 0.424. The van der Waals surface area contributed by atoms with Gasteiger partial charge in [-0.2, -0.15) is 18.4 Å². The molecule has 0 spiro atoms. The van der Waals surface area contributed by atoms with Crippen LogP contribution in [0.3, 0.4) is 0 Å². The highest BCUT2D eigenvalue weighted by molar-refractivity contribution is 5.94. The van der Waals surface area contributed by atoms with Gasteiger partial charge in [-0.15, -0.1) is 0 Å². The predicted molar refractivity (Wildman–Crippen MR) is 106 cm³/mol. The van der Waals surface area contributed by atoms with Gasteiger partial charge in [0.15, 0.2) is 0 Å². The monoisotopic (exact) mass is 425 g/mol. The van der Waals surface area contributed by atoms with E-state index >= 15 is 0 Å². The van der Waals surface area contributed by atoms with Crippen molar-refractivity contribution in [1.82, 2.24) is 24.9 Å². The lowest BCUT2D eigenvalue weighted by Gasteiger charge is -2.14. The lowest BCUT2D eigenvalue weighted by Crippen LogP contribution is -2.12. The Morgan fingerprint density at radius 3 is 2.65 bits per heavy atom. The summed E-state index contributed by atoms with van der Waals surface area (Å²) in [6.07, 6.45) is 0.486. The molecule has 4 rings (SSSR count). The van der Waals surface area contributed by atoms with Gasteiger partial charge in [-0.1, -0.05) is 6.07 Å². The third-order valence-electron chi connectivity index (χ3n) is 4.68. The fourth-order valence-corrected chi connectivity index (χ4v) is 3.06. The number of aromatic nitrogens is 5. The van der Waals surface area contributed by atoms with E-state index in [4.69, 9.17) is 0 Å². The Labute approximate surface area is 172 Å². The molecule has 1 atom stereocenters. The van der Waals surface area contributed by atoms with Crippen LogP contribution in [0.2, 0.25) is 0 Å². The Balaban J connectivity index is 1.76. The molecule has 0 bridgehead atoms. The largest absolute Gasteiger partial charge is 0.417 e. The van der Waals surface area contributed by atoms with Crippen molar-refractivity contribution in [3.05, 3.63) is 70.0 Å². The summed E-state index contributed by atoms with van der Waals surface area (Å²) in [7, 11) is 0. The highest BCUT2D eigenvalue weighted by atomic mass is 19.4. The molecule has 0 aliphatic carbocycles. The average Bonchev–Trinajstić information content (AvgIpc) is 3.16. The zero-order valence-corrected chi connectivity index (χ0v) is 15.9. The Morgan fingerprint density at radius 1 is 1.16 bits per heavy atom. The van der Waals surface area contributed by atoms with Gasteiger partial charge in [0.1, 0.15) is 11.7 Å². The normalized spacial score (nSPS) is 12.5. The molecule has 1 unspecified atom stereocenters. The maximum Gasteiger partial charge on any atom is 0.417 e. The van der Waals surface area contributed by atoms with E-state index < -0.39 is 11.7 Å². The second-order valence-electron chi connectivity index (χ2n) is 6.74. The van der Waals surface area contributed by atoms with Crippen LogP contribution in [0.1, 0.15) is 29.7 Å². The summed E-state index contributed by atoms with van der Waals surface area (Å²) < 4.78 is 39.4. The molecule has 0 fully saturated rings. The van der Waals surface area contributed by atoms with Crippen LogP contribution < -0.4 is 10.9 Å². The number of H-pyrrole nitrogens is 2. The average molecular weight is 425 g/mol. The van der Waals surface area contributed by atoms with Gasteiger partial charge < -0.3 is 15.3 Å². The molecule has 0 radical (unpaired) electrons. The first-order chi connectivity index (χ1) is 14.8. The Kier molecular flexibility index (Phi) is 4.90. The maximum atomic E-state index is 13.1. The standard InChI is InChI=1S/C20H14F3N7O/c1-10(11-2-3-16(31)25-6-11)29-19-28-7-12(5-24)17(30-19)15-9-27-18-14(15)4-13(8-26-18)20(21,22)23/h2-4,6-10H,1H3,(H,25,31)(H,26,27)(H,28,29,30). The van der Waals surface area contributed by atoms with Gasteiger partial charge >= 0.3 is 6.18 Å². The second kappa shape index (κ2) is 7.56. The molecule has 4 aromatic heterocycles. The highest BCUT2D eigenvalue weighted by Crippen LogP contribution is 2.34. The van der Waals surface area contributed by atoms with Crippen LogP contribution in [0.4, 0.5) is 19.1 Å². The molecule has 8 nitrogen and oxygen atoms in total. The van der Waals surface area contributed by atoms with Gasteiger partial charge in [0.2, 0.25) is 11.5 Å². The maximum absolute atomic E-state index is 13.1. The number of nitrogens with one attached hydrogen (secondary N) is 3. The molecule has 11 heteroatoms. The minimum absolute atomic E-state index is 0.0977. The minimum atomic E-state index is -4.56. The topological polar surface area (TPSA) is 123 Å². The van der Waals surface area contributed by atoms with Gasteiger partial charge in [-0.3, -0.25) is 4.79 Å².